The van der Waals surface area contributed by atoms with Crippen molar-refractivity contribution in [2.75, 3.05) is 26.0 Å². The van der Waals surface area contributed by atoms with Gasteiger partial charge in [0.25, 0.3) is 5.91 Å². The first-order valence-corrected chi connectivity index (χ1v) is 5.88. The van der Waals surface area contributed by atoms with Gasteiger partial charge in [0, 0.05) is 13.7 Å². The van der Waals surface area contributed by atoms with Crippen LogP contribution < -0.4 is 11.1 Å². The lowest BCUT2D eigenvalue weighted by atomic mass is 10.2. The van der Waals surface area contributed by atoms with Crippen molar-refractivity contribution in [2.45, 2.75) is 25.9 Å². The minimum atomic E-state index is -0.741. The van der Waals surface area contributed by atoms with Gasteiger partial charge in [0.15, 0.2) is 5.69 Å². The highest BCUT2D eigenvalue weighted by molar-refractivity contribution is 5.97. The number of nitrogens with zero attached hydrogens (tertiary/aromatic N) is 1. The van der Waals surface area contributed by atoms with Crippen molar-refractivity contribution in [3.05, 3.63) is 11.4 Å². The highest BCUT2D eigenvalue weighted by atomic mass is 16.5. The Morgan fingerprint density at radius 3 is 3.00 bits per heavy atom. The number of aryl methyl sites for hydroxylation is 1. The summed E-state index contributed by atoms with van der Waals surface area (Å²) >= 11 is 0. The van der Waals surface area contributed by atoms with E-state index in [-0.39, 0.29) is 18.8 Å². The first-order chi connectivity index (χ1) is 8.60. The van der Waals surface area contributed by atoms with E-state index in [1.807, 2.05) is 6.92 Å². The van der Waals surface area contributed by atoms with Crippen LogP contribution in [0.3, 0.4) is 0 Å². The van der Waals surface area contributed by atoms with E-state index in [4.69, 9.17) is 10.5 Å². The van der Waals surface area contributed by atoms with Crippen molar-refractivity contribution >= 4 is 11.6 Å². The van der Waals surface area contributed by atoms with Gasteiger partial charge in [0.1, 0.15) is 0 Å². The number of amides is 1. The molecule has 1 unspecified atom stereocenters. The number of aliphatic hydroxyl groups is 1. The van der Waals surface area contributed by atoms with E-state index >= 15 is 0 Å². The van der Waals surface area contributed by atoms with Gasteiger partial charge in [-0.25, -0.2) is 0 Å². The first-order valence-electron chi connectivity index (χ1n) is 5.88. The van der Waals surface area contributed by atoms with E-state index in [1.165, 1.54) is 7.11 Å². The second-order valence-corrected chi connectivity index (χ2v) is 4.03. The van der Waals surface area contributed by atoms with Crippen molar-refractivity contribution in [2.24, 2.45) is 0 Å². The van der Waals surface area contributed by atoms with E-state index in [1.54, 1.807) is 0 Å². The number of nitrogen functional groups attached to an aromatic ring is 1. The molecule has 1 rings (SSSR count). The third-order valence-corrected chi connectivity index (χ3v) is 2.46. The average molecular weight is 256 g/mol. The zero-order valence-corrected chi connectivity index (χ0v) is 10.7. The maximum absolute atomic E-state index is 11.8. The number of H-pyrrole nitrogens is 1. The number of ether oxygens (including phenoxy) is 1. The zero-order valence-electron chi connectivity index (χ0n) is 10.7. The van der Waals surface area contributed by atoms with Gasteiger partial charge in [0.2, 0.25) is 0 Å². The molecule has 7 nitrogen and oxygen atoms in total. The van der Waals surface area contributed by atoms with Gasteiger partial charge in [-0.3, -0.25) is 9.89 Å². The Kier molecular flexibility index (Phi) is 5.60. The van der Waals surface area contributed by atoms with Crippen LogP contribution in [0.4, 0.5) is 5.69 Å². The van der Waals surface area contributed by atoms with Crippen LogP contribution in [-0.2, 0) is 11.2 Å². The summed E-state index contributed by atoms with van der Waals surface area (Å²) in [5.74, 6) is -0.402. The molecule has 7 heteroatoms. The number of methoxy groups -OCH3 is 1. The predicted octanol–water partition coefficient (Wildman–Crippen LogP) is -0.318. The van der Waals surface area contributed by atoms with E-state index in [0.29, 0.717) is 5.69 Å². The SMILES string of the molecule is CCCc1[nH]nc(C(=O)NCC(O)COC)c1N. The van der Waals surface area contributed by atoms with Gasteiger partial charge in [-0.05, 0) is 6.42 Å². The van der Waals surface area contributed by atoms with Gasteiger partial charge in [-0.15, -0.1) is 0 Å². The Hall–Kier alpha value is -1.60. The molecule has 0 spiro atoms. The van der Waals surface area contributed by atoms with Crippen LogP contribution in [-0.4, -0.2) is 47.6 Å². The number of carbonyl (C=O) groups excluding carboxylic acids is 1. The first kappa shape index (κ1) is 14.5. The molecule has 18 heavy (non-hydrogen) atoms. The summed E-state index contributed by atoms with van der Waals surface area (Å²) in [7, 11) is 1.48. The minimum absolute atomic E-state index is 0.0993. The van der Waals surface area contributed by atoms with Crippen LogP contribution in [0, 0.1) is 0 Å². The van der Waals surface area contributed by atoms with Crippen molar-refractivity contribution in [1.82, 2.24) is 15.5 Å². The number of nitrogens with one attached hydrogen (secondary N) is 2. The third-order valence-electron chi connectivity index (χ3n) is 2.46. The number of aromatic amines is 1. The molecule has 1 aromatic heterocycles. The molecule has 0 aliphatic rings. The van der Waals surface area contributed by atoms with Gasteiger partial charge in [-0.2, -0.15) is 5.10 Å². The Bertz CT molecular complexity index is 392. The number of hydrogen-bond donors (Lipinski definition) is 4. The maximum Gasteiger partial charge on any atom is 0.274 e. The van der Waals surface area contributed by atoms with Gasteiger partial charge in [-0.1, -0.05) is 13.3 Å². The number of carbonyl (C=O) groups is 1. The Morgan fingerprint density at radius 1 is 1.67 bits per heavy atom. The quantitative estimate of drug-likeness (QED) is 0.534. The summed E-state index contributed by atoms with van der Waals surface area (Å²) in [4.78, 5) is 11.8. The highest BCUT2D eigenvalue weighted by Gasteiger charge is 2.17. The number of hydrogen-bond acceptors (Lipinski definition) is 5. The van der Waals surface area contributed by atoms with E-state index in [2.05, 4.69) is 15.5 Å². The largest absolute Gasteiger partial charge is 0.395 e. The van der Waals surface area contributed by atoms with Gasteiger partial charge < -0.3 is 20.9 Å². The van der Waals surface area contributed by atoms with E-state index in [0.717, 1.165) is 18.5 Å². The van der Waals surface area contributed by atoms with Crippen LogP contribution >= 0.6 is 0 Å². The number of aliphatic hydroxyl groups excluding tert-OH is 1. The molecule has 0 bridgehead atoms. The molecule has 0 aliphatic heterocycles. The summed E-state index contributed by atoms with van der Waals surface area (Å²) in [6.45, 7) is 2.28. The monoisotopic (exact) mass is 256 g/mol. The maximum atomic E-state index is 11.8. The fraction of sp³-hybridized carbons (Fsp3) is 0.636. The third kappa shape index (κ3) is 3.71. The molecule has 1 atom stereocenters. The van der Waals surface area contributed by atoms with Crippen LogP contribution in [0.25, 0.3) is 0 Å². The van der Waals surface area contributed by atoms with Crippen molar-refractivity contribution in [3.63, 3.8) is 0 Å². The Morgan fingerprint density at radius 2 is 2.39 bits per heavy atom. The number of aromatic nitrogens is 2. The molecule has 5 N–H and O–H groups in total. The molecule has 0 aliphatic carbocycles. The van der Waals surface area contributed by atoms with Gasteiger partial charge in [0.05, 0.1) is 24.1 Å². The summed E-state index contributed by atoms with van der Waals surface area (Å²) in [6.07, 6.45) is 0.924. The standard InChI is InChI=1S/C11H20N4O3/c1-3-4-8-9(12)10(15-14-8)11(17)13-5-7(16)6-18-2/h7,16H,3-6,12H2,1-2H3,(H,13,17)(H,14,15). The number of nitrogens with two attached hydrogens (primary N) is 1. The molecule has 0 saturated carbocycles. The van der Waals surface area contributed by atoms with Crippen molar-refractivity contribution in [3.8, 4) is 0 Å². The predicted molar refractivity (Wildman–Crippen MR) is 67.2 cm³/mol. The normalized spacial score (nSPS) is 12.4. The fourth-order valence-electron chi connectivity index (χ4n) is 1.55. The van der Waals surface area contributed by atoms with Crippen LogP contribution in [0.2, 0.25) is 0 Å². The lowest BCUT2D eigenvalue weighted by Gasteiger charge is -2.09. The van der Waals surface area contributed by atoms with Crippen LogP contribution in [0.1, 0.15) is 29.5 Å². The molecule has 0 radical (unpaired) electrons. The summed E-state index contributed by atoms with van der Waals surface area (Å²) < 4.78 is 4.75. The summed E-state index contributed by atoms with van der Waals surface area (Å²) in [5, 5.41) is 18.6. The number of anilines is 1. The second-order valence-electron chi connectivity index (χ2n) is 4.03. The van der Waals surface area contributed by atoms with Gasteiger partial charge >= 0.3 is 0 Å². The molecule has 1 amide bonds. The molecule has 1 aromatic rings. The molecule has 0 aromatic carbocycles. The van der Waals surface area contributed by atoms with Crippen molar-refractivity contribution < 1.29 is 14.6 Å². The average Bonchev–Trinajstić information content (AvgIpc) is 2.69. The van der Waals surface area contributed by atoms with Crippen LogP contribution in [0.5, 0.6) is 0 Å². The topological polar surface area (TPSA) is 113 Å². The lowest BCUT2D eigenvalue weighted by Crippen LogP contribution is -2.34. The van der Waals surface area contributed by atoms with Crippen molar-refractivity contribution in [1.29, 1.82) is 0 Å². The molecule has 0 saturated heterocycles. The lowest BCUT2D eigenvalue weighted by molar-refractivity contribution is 0.0609. The molecular weight excluding hydrogens is 236 g/mol. The minimum Gasteiger partial charge on any atom is -0.395 e. The van der Waals surface area contributed by atoms with E-state index in [9.17, 15) is 9.90 Å². The molecule has 1 heterocycles. The number of rotatable bonds is 7. The summed E-state index contributed by atoms with van der Waals surface area (Å²) in [5.41, 5.74) is 7.12. The van der Waals surface area contributed by atoms with Crippen LogP contribution in [0.15, 0.2) is 0 Å². The Balaban J connectivity index is 2.56. The molecule has 0 fully saturated rings. The highest BCUT2D eigenvalue weighted by Crippen LogP contribution is 2.15. The Labute approximate surface area is 106 Å². The zero-order chi connectivity index (χ0) is 13.5. The summed E-state index contributed by atoms with van der Waals surface area (Å²) in [6, 6.07) is 0. The second kappa shape index (κ2) is 6.97. The molecular formula is C11H20N4O3. The molecule has 102 valence electrons. The van der Waals surface area contributed by atoms with E-state index < -0.39 is 12.0 Å². The fourth-order valence-corrected chi connectivity index (χ4v) is 1.55. The smallest absolute Gasteiger partial charge is 0.274 e.